The summed E-state index contributed by atoms with van der Waals surface area (Å²) in [5.74, 6) is -1.66. The van der Waals surface area contributed by atoms with Crippen LogP contribution in [0.25, 0.3) is 0 Å². The van der Waals surface area contributed by atoms with E-state index in [0.29, 0.717) is 30.4 Å². The van der Waals surface area contributed by atoms with Gasteiger partial charge in [-0.1, -0.05) is 23.3 Å². The minimum atomic E-state index is -0.818. The minimum Gasteiger partial charge on any atom is -0.493 e. The molecule has 26 heavy (non-hydrogen) atoms. The molecule has 7 heteroatoms. The molecule has 0 spiro atoms. The van der Waals surface area contributed by atoms with Crippen LogP contribution in [0.5, 0.6) is 5.75 Å². The van der Waals surface area contributed by atoms with Gasteiger partial charge in [-0.3, -0.25) is 9.59 Å². The molecule has 7 nitrogen and oxygen atoms in total. The Balaban J connectivity index is 1.67. The second-order valence-corrected chi connectivity index (χ2v) is 5.55. The number of hydroxylamine groups is 2. The van der Waals surface area contributed by atoms with Crippen LogP contribution in [0.15, 0.2) is 48.5 Å². The van der Waals surface area contributed by atoms with Crippen molar-refractivity contribution in [3.8, 4) is 5.75 Å². The van der Waals surface area contributed by atoms with Crippen LogP contribution in [0.3, 0.4) is 0 Å². The molecule has 0 N–H and O–H groups in total. The highest BCUT2D eigenvalue weighted by molar-refractivity contribution is 6.21. The predicted molar refractivity (Wildman–Crippen MR) is 90.8 cm³/mol. The highest BCUT2D eigenvalue weighted by Gasteiger charge is 2.38. The molecule has 2 amide bonds. The summed E-state index contributed by atoms with van der Waals surface area (Å²) in [6.45, 7) is 1.01. The molecule has 0 aromatic heterocycles. The first kappa shape index (κ1) is 17.6. The molecule has 1 heterocycles. The topological polar surface area (TPSA) is 82.1 Å². The van der Waals surface area contributed by atoms with Crippen molar-refractivity contribution in [2.75, 3.05) is 20.3 Å². The summed E-state index contributed by atoms with van der Waals surface area (Å²) in [6, 6.07) is 12.6. The van der Waals surface area contributed by atoms with Gasteiger partial charge in [0.25, 0.3) is 11.8 Å². The summed E-state index contributed by atoms with van der Waals surface area (Å²) in [7, 11) is 1.61. The van der Waals surface area contributed by atoms with E-state index >= 15 is 0 Å². The Kier molecular flexibility index (Phi) is 5.28. The molecule has 0 bridgehead atoms. The van der Waals surface area contributed by atoms with E-state index in [1.54, 1.807) is 31.4 Å². The summed E-state index contributed by atoms with van der Waals surface area (Å²) in [6.07, 6.45) is 0.709. The van der Waals surface area contributed by atoms with Gasteiger partial charge in [-0.05, 0) is 30.3 Å². The zero-order valence-corrected chi connectivity index (χ0v) is 14.1. The van der Waals surface area contributed by atoms with E-state index in [1.807, 2.05) is 0 Å². The van der Waals surface area contributed by atoms with Crippen LogP contribution in [-0.2, 0) is 9.57 Å². The van der Waals surface area contributed by atoms with Crippen molar-refractivity contribution in [2.45, 2.75) is 6.42 Å². The fourth-order valence-corrected chi connectivity index (χ4v) is 2.49. The molecule has 134 valence electrons. The van der Waals surface area contributed by atoms with Crippen LogP contribution < -0.4 is 4.74 Å². The van der Waals surface area contributed by atoms with Crippen LogP contribution in [0.4, 0.5) is 0 Å². The Morgan fingerprint density at radius 1 is 0.962 bits per heavy atom. The number of hydrogen-bond donors (Lipinski definition) is 0. The first-order chi connectivity index (χ1) is 12.6. The van der Waals surface area contributed by atoms with E-state index in [4.69, 9.17) is 14.3 Å². The van der Waals surface area contributed by atoms with Gasteiger partial charge in [0, 0.05) is 20.1 Å². The molecule has 0 radical (unpaired) electrons. The normalized spacial score (nSPS) is 12.9. The number of methoxy groups -OCH3 is 1. The van der Waals surface area contributed by atoms with Crippen LogP contribution in [0.2, 0.25) is 0 Å². The number of carbonyl (C=O) groups excluding carboxylic acids is 3. The molecule has 0 unspecified atom stereocenters. The van der Waals surface area contributed by atoms with Crippen molar-refractivity contribution < 1.29 is 28.7 Å². The Labute approximate surface area is 150 Å². The zero-order chi connectivity index (χ0) is 18.5. The van der Waals surface area contributed by atoms with Gasteiger partial charge in [0.2, 0.25) is 0 Å². The Morgan fingerprint density at radius 3 is 2.31 bits per heavy atom. The third kappa shape index (κ3) is 3.57. The van der Waals surface area contributed by atoms with E-state index < -0.39 is 17.8 Å². The van der Waals surface area contributed by atoms with Crippen molar-refractivity contribution in [2.24, 2.45) is 0 Å². The second-order valence-electron chi connectivity index (χ2n) is 5.55. The largest absolute Gasteiger partial charge is 0.493 e. The molecule has 0 saturated heterocycles. The average Bonchev–Trinajstić information content (AvgIpc) is 2.91. The highest BCUT2D eigenvalue weighted by atomic mass is 16.7. The fourth-order valence-electron chi connectivity index (χ4n) is 2.49. The molecular weight excluding hydrogens is 338 g/mol. The molecule has 1 aliphatic rings. The molecule has 3 rings (SSSR count). The van der Waals surface area contributed by atoms with Crippen molar-refractivity contribution in [1.29, 1.82) is 0 Å². The second kappa shape index (κ2) is 7.79. The number of imide groups is 1. The first-order valence-corrected chi connectivity index (χ1v) is 8.03. The maximum absolute atomic E-state index is 12.3. The van der Waals surface area contributed by atoms with Gasteiger partial charge in [0.05, 0.1) is 23.3 Å². The number of hydrogen-bond acceptors (Lipinski definition) is 6. The van der Waals surface area contributed by atoms with Crippen molar-refractivity contribution >= 4 is 17.8 Å². The summed E-state index contributed by atoms with van der Waals surface area (Å²) in [4.78, 5) is 41.8. The van der Waals surface area contributed by atoms with Crippen molar-refractivity contribution in [1.82, 2.24) is 5.06 Å². The zero-order valence-electron chi connectivity index (χ0n) is 14.1. The van der Waals surface area contributed by atoms with Gasteiger partial charge in [0.1, 0.15) is 5.75 Å². The first-order valence-electron chi connectivity index (χ1n) is 8.03. The lowest BCUT2D eigenvalue weighted by atomic mass is 10.1. The number of benzene rings is 2. The molecule has 2 aromatic rings. The Bertz CT molecular complexity index is 812. The molecule has 0 atom stereocenters. The average molecular weight is 355 g/mol. The maximum atomic E-state index is 12.3. The number of nitrogens with zero attached hydrogens (tertiary/aromatic N) is 1. The summed E-state index contributed by atoms with van der Waals surface area (Å²) in [5, 5.41) is 0.485. The van der Waals surface area contributed by atoms with Gasteiger partial charge in [-0.25, -0.2) is 4.79 Å². The van der Waals surface area contributed by atoms with E-state index in [1.165, 1.54) is 24.3 Å². The number of fused-ring (bicyclic) bond motifs is 1. The van der Waals surface area contributed by atoms with Crippen LogP contribution in [0.1, 0.15) is 37.5 Å². The van der Waals surface area contributed by atoms with Gasteiger partial charge < -0.3 is 14.3 Å². The van der Waals surface area contributed by atoms with Gasteiger partial charge in [-0.2, -0.15) is 0 Å². The molecule has 0 aliphatic carbocycles. The molecule has 2 aromatic carbocycles. The minimum absolute atomic E-state index is 0.172. The van der Waals surface area contributed by atoms with E-state index in [2.05, 4.69) is 0 Å². The quantitative estimate of drug-likeness (QED) is 0.560. The predicted octanol–water partition coefficient (Wildman–Crippen LogP) is 2.47. The van der Waals surface area contributed by atoms with E-state index in [-0.39, 0.29) is 16.7 Å². The van der Waals surface area contributed by atoms with Gasteiger partial charge >= 0.3 is 5.97 Å². The lowest BCUT2D eigenvalue weighted by molar-refractivity contribution is -0.0584. The van der Waals surface area contributed by atoms with E-state index in [0.717, 1.165) is 0 Å². The lowest BCUT2D eigenvalue weighted by Crippen LogP contribution is -2.32. The van der Waals surface area contributed by atoms with E-state index in [9.17, 15) is 14.4 Å². The van der Waals surface area contributed by atoms with Crippen LogP contribution >= 0.6 is 0 Å². The number of ether oxygens (including phenoxy) is 2. The molecule has 0 fully saturated rings. The van der Waals surface area contributed by atoms with Gasteiger partial charge in [-0.15, -0.1) is 0 Å². The third-order valence-corrected chi connectivity index (χ3v) is 3.76. The number of carbonyl (C=O) groups is 3. The molecule has 0 saturated carbocycles. The SMILES string of the molecule is COCCCOc1cccc(C(=O)ON2C(=O)c3ccccc3C2=O)c1. The smallest absolute Gasteiger partial charge is 0.364 e. The van der Waals surface area contributed by atoms with Crippen LogP contribution in [-0.4, -0.2) is 43.2 Å². The monoisotopic (exact) mass is 355 g/mol. The number of amides is 2. The molecule has 1 aliphatic heterocycles. The van der Waals surface area contributed by atoms with Crippen molar-refractivity contribution in [3.63, 3.8) is 0 Å². The Morgan fingerprint density at radius 2 is 1.65 bits per heavy atom. The fraction of sp³-hybridized carbons (Fsp3) is 0.211. The molecular formula is C19H17NO6. The summed E-state index contributed by atoms with van der Waals surface area (Å²) >= 11 is 0. The standard InChI is InChI=1S/C19H17NO6/c1-24-10-5-11-25-14-7-4-6-13(12-14)19(23)26-20-17(21)15-8-2-3-9-16(15)18(20)22/h2-4,6-9,12H,5,10-11H2,1H3. The Hall–Kier alpha value is -3.19. The number of rotatable bonds is 7. The summed E-state index contributed by atoms with van der Waals surface area (Å²) in [5.41, 5.74) is 0.590. The lowest BCUT2D eigenvalue weighted by Gasteiger charge is -2.13. The van der Waals surface area contributed by atoms with Crippen LogP contribution in [0, 0.1) is 0 Å². The summed E-state index contributed by atoms with van der Waals surface area (Å²) < 4.78 is 10.5. The third-order valence-electron chi connectivity index (χ3n) is 3.76. The van der Waals surface area contributed by atoms with Crippen molar-refractivity contribution in [3.05, 3.63) is 65.2 Å². The maximum Gasteiger partial charge on any atom is 0.364 e. The van der Waals surface area contributed by atoms with Gasteiger partial charge in [0.15, 0.2) is 0 Å². The highest BCUT2D eigenvalue weighted by Crippen LogP contribution is 2.24.